The van der Waals surface area contributed by atoms with Crippen molar-refractivity contribution in [2.75, 3.05) is 23.8 Å². The smallest absolute Gasteiger partial charge is 0.128 e. The third kappa shape index (κ3) is 2.36. The van der Waals surface area contributed by atoms with E-state index in [4.69, 9.17) is 0 Å². The summed E-state index contributed by atoms with van der Waals surface area (Å²) in [4.78, 5) is 2.28. The van der Waals surface area contributed by atoms with Crippen molar-refractivity contribution < 1.29 is 4.39 Å². The second-order valence-electron chi connectivity index (χ2n) is 5.40. The highest BCUT2D eigenvalue weighted by molar-refractivity contribution is 5.59. The van der Waals surface area contributed by atoms with Gasteiger partial charge in [0, 0.05) is 37.1 Å². The zero-order chi connectivity index (χ0) is 14.1. The Morgan fingerprint density at radius 3 is 2.95 bits per heavy atom. The van der Waals surface area contributed by atoms with Gasteiger partial charge in [0.1, 0.15) is 5.82 Å². The van der Waals surface area contributed by atoms with Gasteiger partial charge in [-0.15, -0.1) is 0 Å². The lowest BCUT2D eigenvalue weighted by Crippen LogP contribution is -2.12. The van der Waals surface area contributed by atoms with Gasteiger partial charge in [0.25, 0.3) is 0 Å². The normalized spacial score (nSPS) is 13.4. The van der Waals surface area contributed by atoms with E-state index < -0.39 is 0 Å². The monoisotopic (exact) mass is 270 g/mol. The number of hydrogen-bond acceptors (Lipinski definition) is 2. The van der Waals surface area contributed by atoms with Crippen molar-refractivity contribution in [1.82, 2.24) is 0 Å². The fraction of sp³-hybridized carbons (Fsp3) is 0.294. The van der Waals surface area contributed by atoms with Crippen LogP contribution in [0.1, 0.15) is 16.7 Å². The van der Waals surface area contributed by atoms with E-state index in [0.717, 1.165) is 25.2 Å². The Bertz CT molecular complexity index is 637. The fourth-order valence-corrected chi connectivity index (χ4v) is 2.73. The fourth-order valence-electron chi connectivity index (χ4n) is 2.73. The minimum atomic E-state index is -0.162. The molecule has 0 aliphatic carbocycles. The van der Waals surface area contributed by atoms with Crippen LogP contribution in [0.4, 0.5) is 15.8 Å². The van der Waals surface area contributed by atoms with Gasteiger partial charge in [0.15, 0.2) is 0 Å². The third-order valence-electron chi connectivity index (χ3n) is 4.02. The maximum Gasteiger partial charge on any atom is 0.128 e. The molecule has 20 heavy (non-hydrogen) atoms. The number of halogens is 1. The van der Waals surface area contributed by atoms with E-state index in [2.05, 4.69) is 35.5 Å². The largest absolute Gasteiger partial charge is 0.381 e. The zero-order valence-electron chi connectivity index (χ0n) is 11.9. The first-order chi connectivity index (χ1) is 9.65. The first kappa shape index (κ1) is 13.0. The lowest BCUT2D eigenvalue weighted by molar-refractivity contribution is 0.619. The quantitative estimate of drug-likeness (QED) is 0.914. The molecule has 3 rings (SSSR count). The minimum Gasteiger partial charge on any atom is -0.381 e. The van der Waals surface area contributed by atoms with Crippen molar-refractivity contribution in [2.24, 2.45) is 0 Å². The maximum absolute atomic E-state index is 13.5. The van der Waals surface area contributed by atoms with Crippen LogP contribution in [0.5, 0.6) is 0 Å². The van der Waals surface area contributed by atoms with Gasteiger partial charge in [-0.05, 0) is 42.7 Å². The van der Waals surface area contributed by atoms with Crippen molar-refractivity contribution in [2.45, 2.75) is 19.9 Å². The van der Waals surface area contributed by atoms with Crippen molar-refractivity contribution in [3.63, 3.8) is 0 Å². The summed E-state index contributed by atoms with van der Waals surface area (Å²) >= 11 is 0. The highest BCUT2D eigenvalue weighted by Gasteiger charge is 2.15. The van der Waals surface area contributed by atoms with Crippen molar-refractivity contribution in [3.05, 3.63) is 58.9 Å². The first-order valence-electron chi connectivity index (χ1n) is 6.97. The summed E-state index contributed by atoms with van der Waals surface area (Å²) in [6.07, 6.45) is 1.11. The predicted molar refractivity (Wildman–Crippen MR) is 81.9 cm³/mol. The minimum absolute atomic E-state index is 0.162. The van der Waals surface area contributed by atoms with Gasteiger partial charge in [-0.2, -0.15) is 0 Å². The predicted octanol–water partition coefficient (Wildman–Crippen LogP) is 3.74. The molecule has 0 saturated carbocycles. The molecule has 1 heterocycles. The molecule has 0 fully saturated rings. The third-order valence-corrected chi connectivity index (χ3v) is 4.02. The Kier molecular flexibility index (Phi) is 3.35. The molecule has 0 unspecified atom stereocenters. The number of anilines is 2. The average molecular weight is 270 g/mol. The highest BCUT2D eigenvalue weighted by atomic mass is 19.1. The Morgan fingerprint density at radius 1 is 1.25 bits per heavy atom. The van der Waals surface area contributed by atoms with E-state index in [1.165, 1.54) is 22.9 Å². The van der Waals surface area contributed by atoms with Crippen molar-refractivity contribution in [1.29, 1.82) is 0 Å². The van der Waals surface area contributed by atoms with Crippen molar-refractivity contribution in [3.8, 4) is 0 Å². The Hall–Kier alpha value is -2.03. The number of rotatable bonds is 3. The van der Waals surface area contributed by atoms with Gasteiger partial charge in [-0.1, -0.05) is 18.2 Å². The van der Waals surface area contributed by atoms with Crippen LogP contribution in [0.25, 0.3) is 0 Å². The molecule has 0 bridgehead atoms. The van der Waals surface area contributed by atoms with E-state index in [9.17, 15) is 4.39 Å². The molecule has 0 saturated heterocycles. The van der Waals surface area contributed by atoms with Crippen LogP contribution in [0.2, 0.25) is 0 Å². The van der Waals surface area contributed by atoms with E-state index in [1.54, 1.807) is 13.0 Å². The lowest BCUT2D eigenvalue weighted by atomic mass is 10.1. The number of nitrogens with zero attached hydrogens (tertiary/aromatic N) is 1. The number of benzene rings is 2. The number of nitrogens with one attached hydrogen (secondary N) is 1. The number of fused-ring (bicyclic) bond motifs is 1. The second-order valence-corrected chi connectivity index (χ2v) is 5.40. The van der Waals surface area contributed by atoms with Gasteiger partial charge in [0.05, 0.1) is 0 Å². The summed E-state index contributed by atoms with van der Waals surface area (Å²) in [5, 5.41) is 3.32. The highest BCUT2D eigenvalue weighted by Crippen LogP contribution is 2.27. The van der Waals surface area contributed by atoms with Gasteiger partial charge >= 0.3 is 0 Å². The SMILES string of the molecule is Cc1c(F)cccc1NCc1ccc2c(c1)CCN2C. The van der Waals surface area contributed by atoms with Gasteiger partial charge in [-0.25, -0.2) is 4.39 Å². The van der Waals surface area contributed by atoms with Crippen LogP contribution in [0.3, 0.4) is 0 Å². The summed E-state index contributed by atoms with van der Waals surface area (Å²) < 4.78 is 13.5. The van der Waals surface area contributed by atoms with E-state index in [0.29, 0.717) is 5.56 Å². The molecule has 3 heteroatoms. The molecule has 0 spiro atoms. The van der Waals surface area contributed by atoms with Crippen LogP contribution in [-0.2, 0) is 13.0 Å². The molecule has 2 aromatic rings. The maximum atomic E-state index is 13.5. The molecule has 2 nitrogen and oxygen atoms in total. The topological polar surface area (TPSA) is 15.3 Å². The summed E-state index contributed by atoms with van der Waals surface area (Å²) in [6, 6.07) is 11.7. The molecule has 0 amide bonds. The molecular formula is C17H19FN2. The van der Waals surface area contributed by atoms with Crippen LogP contribution in [-0.4, -0.2) is 13.6 Å². The molecule has 104 valence electrons. The van der Waals surface area contributed by atoms with E-state index in [-0.39, 0.29) is 5.82 Å². The molecule has 1 aliphatic heterocycles. The molecule has 2 aromatic carbocycles. The Morgan fingerprint density at radius 2 is 2.10 bits per heavy atom. The van der Waals surface area contributed by atoms with E-state index >= 15 is 0 Å². The summed E-state index contributed by atoms with van der Waals surface area (Å²) in [6.45, 7) is 3.62. The lowest BCUT2D eigenvalue weighted by Gasteiger charge is -2.13. The van der Waals surface area contributed by atoms with Crippen LogP contribution in [0, 0.1) is 12.7 Å². The average Bonchev–Trinajstić information content (AvgIpc) is 2.82. The standard InChI is InChI=1S/C17H19FN2/c1-12-15(18)4-3-5-16(12)19-11-13-6-7-17-14(10-13)8-9-20(17)2/h3-7,10,19H,8-9,11H2,1-2H3. The van der Waals surface area contributed by atoms with Gasteiger partial charge in [-0.3, -0.25) is 0 Å². The molecule has 0 radical (unpaired) electrons. The van der Waals surface area contributed by atoms with Crippen molar-refractivity contribution >= 4 is 11.4 Å². The molecule has 1 aliphatic rings. The summed E-state index contributed by atoms with van der Waals surface area (Å²) in [5.74, 6) is -0.162. The number of hydrogen-bond donors (Lipinski definition) is 1. The number of likely N-dealkylation sites (N-methyl/N-ethyl adjacent to an activating group) is 1. The van der Waals surface area contributed by atoms with Crippen LogP contribution >= 0.6 is 0 Å². The van der Waals surface area contributed by atoms with Crippen LogP contribution in [0.15, 0.2) is 36.4 Å². The van der Waals surface area contributed by atoms with E-state index in [1.807, 2.05) is 6.07 Å². The molecule has 0 atom stereocenters. The van der Waals surface area contributed by atoms with Gasteiger partial charge in [0.2, 0.25) is 0 Å². The molecule has 1 N–H and O–H groups in total. The Balaban J connectivity index is 1.74. The summed E-state index contributed by atoms with van der Waals surface area (Å²) in [7, 11) is 2.12. The summed E-state index contributed by atoms with van der Waals surface area (Å²) in [5.41, 5.74) is 5.51. The molecule has 0 aromatic heterocycles. The Labute approximate surface area is 119 Å². The second kappa shape index (κ2) is 5.16. The van der Waals surface area contributed by atoms with Crippen LogP contribution < -0.4 is 10.2 Å². The van der Waals surface area contributed by atoms with Gasteiger partial charge < -0.3 is 10.2 Å². The molecular weight excluding hydrogens is 251 g/mol. The first-order valence-corrected chi connectivity index (χ1v) is 6.97. The zero-order valence-corrected chi connectivity index (χ0v) is 11.9.